The summed E-state index contributed by atoms with van der Waals surface area (Å²) in [6.45, 7) is 4.33. The van der Waals surface area contributed by atoms with Gasteiger partial charge in [-0.05, 0) is 30.5 Å². The molecule has 0 aliphatic rings. The molecule has 0 heterocycles. The van der Waals surface area contributed by atoms with Gasteiger partial charge in [0, 0.05) is 5.56 Å². The summed E-state index contributed by atoms with van der Waals surface area (Å²) in [5, 5.41) is 9.09. The molecule has 2 unspecified atom stereocenters. The van der Waals surface area contributed by atoms with Gasteiger partial charge in [-0.2, -0.15) is 0 Å². The van der Waals surface area contributed by atoms with Crippen molar-refractivity contribution in [2.24, 2.45) is 0 Å². The van der Waals surface area contributed by atoms with E-state index in [2.05, 4.69) is 0 Å². The van der Waals surface area contributed by atoms with Gasteiger partial charge in [-0.3, -0.25) is 9.59 Å². The predicted molar refractivity (Wildman–Crippen MR) is 73.8 cm³/mol. The van der Waals surface area contributed by atoms with Gasteiger partial charge >= 0.3 is 5.97 Å². The standard InChI is InChI=1S/C15H18O6/c1-3-13(20-8-16)11-6-5-10(15(18)19)7-12(11)14(4-2)21-9-17/h5-9,13-14H,3-4H2,1-2H3,(H,18,19). The zero-order valence-electron chi connectivity index (χ0n) is 11.9. The van der Waals surface area contributed by atoms with Gasteiger partial charge in [0.1, 0.15) is 12.2 Å². The first-order valence-electron chi connectivity index (χ1n) is 6.64. The first-order chi connectivity index (χ1) is 10.1. The topological polar surface area (TPSA) is 89.9 Å². The minimum Gasteiger partial charge on any atom is -0.478 e. The molecule has 1 rings (SSSR count). The molecule has 0 aliphatic carbocycles. The second-order valence-electron chi connectivity index (χ2n) is 4.41. The summed E-state index contributed by atoms with van der Waals surface area (Å²) >= 11 is 0. The number of carboxylic acid groups (broad SMARTS) is 1. The Morgan fingerprint density at radius 1 is 1.10 bits per heavy atom. The third-order valence-corrected chi connectivity index (χ3v) is 3.21. The number of carboxylic acids is 1. The Morgan fingerprint density at radius 2 is 1.62 bits per heavy atom. The van der Waals surface area contributed by atoms with E-state index in [-0.39, 0.29) is 5.56 Å². The molecule has 0 radical (unpaired) electrons. The molecule has 21 heavy (non-hydrogen) atoms. The van der Waals surface area contributed by atoms with E-state index in [0.29, 0.717) is 36.9 Å². The van der Waals surface area contributed by atoms with Crippen LogP contribution in [0.2, 0.25) is 0 Å². The molecular formula is C15H18O6. The third kappa shape index (κ3) is 4.05. The van der Waals surface area contributed by atoms with Crippen molar-refractivity contribution >= 4 is 18.9 Å². The van der Waals surface area contributed by atoms with Crippen LogP contribution in [0.15, 0.2) is 18.2 Å². The number of carbonyl (C=O) groups is 3. The predicted octanol–water partition coefficient (Wildman–Crippen LogP) is 2.63. The highest BCUT2D eigenvalue weighted by Gasteiger charge is 2.22. The van der Waals surface area contributed by atoms with Crippen LogP contribution < -0.4 is 0 Å². The molecule has 0 saturated carbocycles. The molecule has 6 heteroatoms. The summed E-state index contributed by atoms with van der Waals surface area (Å²) in [6, 6.07) is 4.48. The van der Waals surface area contributed by atoms with Gasteiger partial charge in [0.15, 0.2) is 0 Å². The Labute approximate surface area is 122 Å². The molecule has 2 atom stereocenters. The smallest absolute Gasteiger partial charge is 0.335 e. The van der Waals surface area contributed by atoms with Crippen molar-refractivity contribution < 1.29 is 29.0 Å². The quantitative estimate of drug-likeness (QED) is 0.704. The maximum atomic E-state index is 11.1. The minimum absolute atomic E-state index is 0.0858. The molecule has 0 fully saturated rings. The average molecular weight is 294 g/mol. The lowest BCUT2D eigenvalue weighted by Gasteiger charge is -2.22. The van der Waals surface area contributed by atoms with E-state index in [9.17, 15) is 14.4 Å². The Kier molecular flexibility index (Phi) is 6.39. The van der Waals surface area contributed by atoms with E-state index in [1.807, 2.05) is 13.8 Å². The molecule has 1 aromatic rings. The van der Waals surface area contributed by atoms with Crippen molar-refractivity contribution in [3.05, 3.63) is 34.9 Å². The summed E-state index contributed by atoms with van der Waals surface area (Å²) in [4.78, 5) is 32.3. The first kappa shape index (κ1) is 16.7. The number of hydrogen-bond acceptors (Lipinski definition) is 5. The number of ether oxygens (including phenoxy) is 2. The lowest BCUT2D eigenvalue weighted by atomic mass is 9.93. The van der Waals surface area contributed by atoms with E-state index in [1.165, 1.54) is 12.1 Å². The van der Waals surface area contributed by atoms with E-state index >= 15 is 0 Å². The van der Waals surface area contributed by atoms with Crippen LogP contribution in [0.25, 0.3) is 0 Å². The second-order valence-corrected chi connectivity index (χ2v) is 4.41. The third-order valence-electron chi connectivity index (χ3n) is 3.21. The Balaban J connectivity index is 3.36. The summed E-state index contributed by atoms with van der Waals surface area (Å²) in [6.07, 6.45) is -0.0899. The molecular weight excluding hydrogens is 276 g/mol. The SMILES string of the molecule is CCC(OC=O)c1ccc(C(=O)O)cc1C(CC)OC=O. The molecule has 114 valence electrons. The number of rotatable bonds is 9. The van der Waals surface area contributed by atoms with Gasteiger partial charge in [0.2, 0.25) is 0 Å². The largest absolute Gasteiger partial charge is 0.478 e. The lowest BCUT2D eigenvalue weighted by Crippen LogP contribution is -2.12. The van der Waals surface area contributed by atoms with Crippen LogP contribution in [0.1, 0.15) is 60.4 Å². The van der Waals surface area contributed by atoms with Gasteiger partial charge in [0.05, 0.1) is 5.56 Å². The van der Waals surface area contributed by atoms with Crippen LogP contribution in [-0.2, 0) is 19.1 Å². The van der Waals surface area contributed by atoms with E-state index in [0.717, 1.165) is 0 Å². The fourth-order valence-corrected chi connectivity index (χ4v) is 2.19. The van der Waals surface area contributed by atoms with Crippen molar-refractivity contribution in [2.45, 2.75) is 38.9 Å². The molecule has 0 bridgehead atoms. The van der Waals surface area contributed by atoms with Crippen LogP contribution >= 0.6 is 0 Å². The molecule has 1 aromatic carbocycles. The van der Waals surface area contributed by atoms with Gasteiger partial charge < -0.3 is 14.6 Å². The van der Waals surface area contributed by atoms with E-state index in [4.69, 9.17) is 14.6 Å². The number of carbonyl (C=O) groups excluding carboxylic acids is 2. The van der Waals surface area contributed by atoms with Crippen molar-refractivity contribution in [2.75, 3.05) is 0 Å². The zero-order valence-corrected chi connectivity index (χ0v) is 11.9. The van der Waals surface area contributed by atoms with Crippen LogP contribution in [0.3, 0.4) is 0 Å². The van der Waals surface area contributed by atoms with Crippen molar-refractivity contribution in [3.63, 3.8) is 0 Å². The van der Waals surface area contributed by atoms with Crippen molar-refractivity contribution in [3.8, 4) is 0 Å². The highest BCUT2D eigenvalue weighted by molar-refractivity contribution is 5.88. The van der Waals surface area contributed by atoms with Gasteiger partial charge in [-0.15, -0.1) is 0 Å². The molecule has 0 saturated heterocycles. The Bertz CT molecular complexity index is 511. The van der Waals surface area contributed by atoms with Crippen LogP contribution in [0.5, 0.6) is 0 Å². The van der Waals surface area contributed by atoms with Crippen LogP contribution in [0.4, 0.5) is 0 Å². The monoisotopic (exact) mass is 294 g/mol. The molecule has 1 N–H and O–H groups in total. The summed E-state index contributed by atoms with van der Waals surface area (Å²) in [5.41, 5.74) is 1.27. The lowest BCUT2D eigenvalue weighted by molar-refractivity contribution is -0.136. The number of hydrogen-bond donors (Lipinski definition) is 1. The maximum Gasteiger partial charge on any atom is 0.335 e. The fourth-order valence-electron chi connectivity index (χ4n) is 2.19. The average Bonchev–Trinajstić information content (AvgIpc) is 2.49. The Hall–Kier alpha value is -2.37. The fraction of sp³-hybridized carbons (Fsp3) is 0.400. The van der Waals surface area contributed by atoms with Crippen LogP contribution in [0, 0.1) is 0 Å². The van der Waals surface area contributed by atoms with Crippen LogP contribution in [-0.4, -0.2) is 24.0 Å². The van der Waals surface area contributed by atoms with Gasteiger partial charge in [-0.1, -0.05) is 19.9 Å². The van der Waals surface area contributed by atoms with E-state index in [1.54, 1.807) is 6.07 Å². The van der Waals surface area contributed by atoms with E-state index < -0.39 is 18.2 Å². The molecule has 0 aromatic heterocycles. The Morgan fingerprint density at radius 3 is 2.05 bits per heavy atom. The summed E-state index contributed by atoms with van der Waals surface area (Å²) in [7, 11) is 0. The van der Waals surface area contributed by atoms with Crippen molar-refractivity contribution in [1.29, 1.82) is 0 Å². The highest BCUT2D eigenvalue weighted by atomic mass is 16.5. The maximum absolute atomic E-state index is 11.1. The second kappa shape index (κ2) is 8.04. The summed E-state index contributed by atoms with van der Waals surface area (Å²) < 4.78 is 10.0. The molecule has 0 spiro atoms. The van der Waals surface area contributed by atoms with Gasteiger partial charge in [0.25, 0.3) is 12.9 Å². The number of aromatic carboxylic acids is 1. The molecule has 0 aliphatic heterocycles. The normalized spacial score (nSPS) is 13.0. The first-order valence-corrected chi connectivity index (χ1v) is 6.64. The minimum atomic E-state index is -1.08. The highest BCUT2D eigenvalue weighted by Crippen LogP contribution is 2.32. The van der Waals surface area contributed by atoms with Crippen molar-refractivity contribution in [1.82, 2.24) is 0 Å². The van der Waals surface area contributed by atoms with Gasteiger partial charge in [-0.25, -0.2) is 4.79 Å². The number of benzene rings is 1. The molecule has 6 nitrogen and oxygen atoms in total. The zero-order chi connectivity index (χ0) is 15.8. The summed E-state index contributed by atoms with van der Waals surface area (Å²) in [5.74, 6) is -1.08. The molecule has 0 amide bonds.